The number of rotatable bonds is 2. The van der Waals surface area contributed by atoms with Crippen LogP contribution in [0.15, 0.2) is 26.7 Å². The van der Waals surface area contributed by atoms with Crippen molar-refractivity contribution in [2.45, 2.75) is 13.3 Å². The molecule has 0 fully saturated rings. The van der Waals surface area contributed by atoms with Gasteiger partial charge in [-0.2, -0.15) is 4.99 Å². The highest BCUT2D eigenvalue weighted by molar-refractivity contribution is 7.80. The fourth-order valence-corrected chi connectivity index (χ4v) is 2.18. The van der Waals surface area contributed by atoms with E-state index in [-0.39, 0.29) is 0 Å². The zero-order valence-corrected chi connectivity index (χ0v) is 8.65. The molecule has 1 aromatic rings. The van der Waals surface area contributed by atoms with Crippen LogP contribution >= 0.6 is 23.6 Å². The van der Waals surface area contributed by atoms with Crippen molar-refractivity contribution in [3.8, 4) is 0 Å². The predicted molar refractivity (Wildman–Crippen MR) is 57.7 cm³/mol. The molecule has 0 radical (unpaired) electrons. The number of azo groups is 1. The third-order valence-corrected chi connectivity index (χ3v) is 2.89. The lowest BCUT2D eigenvalue weighted by atomic mass is 10.2. The molecule has 1 aromatic heterocycles. The first-order valence-electron chi connectivity index (χ1n) is 3.92. The Balaban J connectivity index is 2.41. The molecule has 2 heterocycles. The predicted octanol–water partition coefficient (Wildman–Crippen LogP) is 2.81. The maximum Gasteiger partial charge on any atom is 0.242 e. The van der Waals surface area contributed by atoms with E-state index in [2.05, 4.69) is 28.2 Å². The van der Waals surface area contributed by atoms with Gasteiger partial charge in [0.2, 0.25) is 5.11 Å². The molecule has 0 spiro atoms. The van der Waals surface area contributed by atoms with Gasteiger partial charge < -0.3 is 0 Å². The average Bonchev–Trinajstić information content (AvgIpc) is 2.71. The summed E-state index contributed by atoms with van der Waals surface area (Å²) in [5, 5.41) is 9.98. The second-order valence-electron chi connectivity index (χ2n) is 2.55. The molecule has 0 bridgehead atoms. The van der Waals surface area contributed by atoms with E-state index in [1.807, 2.05) is 5.38 Å². The van der Waals surface area contributed by atoms with Crippen molar-refractivity contribution in [2.24, 2.45) is 15.2 Å². The Bertz CT molecular complexity index is 403. The highest BCUT2D eigenvalue weighted by atomic mass is 32.1. The van der Waals surface area contributed by atoms with Crippen molar-refractivity contribution in [2.75, 3.05) is 0 Å². The molecule has 0 amide bonds. The number of amidine groups is 1. The lowest BCUT2D eigenvalue weighted by Crippen LogP contribution is -1.94. The smallest absolute Gasteiger partial charge is 0.194 e. The SMILES string of the molecule is CCc1ccsc1C1=NC(=S)N=N1. The van der Waals surface area contributed by atoms with Gasteiger partial charge in [0, 0.05) is 0 Å². The van der Waals surface area contributed by atoms with Gasteiger partial charge in [-0.3, -0.25) is 0 Å². The zero-order valence-electron chi connectivity index (χ0n) is 7.02. The molecular formula is C8H7N3S2. The highest BCUT2D eigenvalue weighted by Gasteiger charge is 2.14. The van der Waals surface area contributed by atoms with Crippen LogP contribution in [-0.4, -0.2) is 10.9 Å². The summed E-state index contributed by atoms with van der Waals surface area (Å²) in [7, 11) is 0. The topological polar surface area (TPSA) is 37.1 Å². The van der Waals surface area contributed by atoms with Gasteiger partial charge >= 0.3 is 0 Å². The van der Waals surface area contributed by atoms with Gasteiger partial charge in [0.1, 0.15) is 0 Å². The van der Waals surface area contributed by atoms with Crippen LogP contribution < -0.4 is 0 Å². The van der Waals surface area contributed by atoms with Crippen LogP contribution in [0, 0.1) is 0 Å². The minimum atomic E-state index is 0.324. The Kier molecular flexibility index (Phi) is 2.28. The molecule has 5 heteroatoms. The first kappa shape index (κ1) is 8.65. The molecule has 0 aliphatic carbocycles. The van der Waals surface area contributed by atoms with Gasteiger partial charge in [-0.05, 0) is 35.6 Å². The summed E-state index contributed by atoms with van der Waals surface area (Å²) >= 11 is 6.44. The largest absolute Gasteiger partial charge is 0.242 e. The second-order valence-corrected chi connectivity index (χ2v) is 3.83. The summed E-state index contributed by atoms with van der Waals surface area (Å²) in [5.41, 5.74) is 1.26. The molecule has 0 saturated carbocycles. The van der Waals surface area contributed by atoms with Crippen molar-refractivity contribution in [3.05, 3.63) is 21.9 Å². The average molecular weight is 209 g/mol. The van der Waals surface area contributed by atoms with Gasteiger partial charge in [-0.1, -0.05) is 6.92 Å². The molecule has 0 unspecified atom stereocenters. The molecule has 13 heavy (non-hydrogen) atoms. The molecule has 0 aromatic carbocycles. The summed E-state index contributed by atoms with van der Waals surface area (Å²) in [4.78, 5) is 5.15. The summed E-state index contributed by atoms with van der Waals surface area (Å²) in [6.07, 6.45) is 0.986. The second kappa shape index (κ2) is 3.43. The first-order chi connectivity index (χ1) is 6.31. The maximum absolute atomic E-state index is 4.81. The van der Waals surface area contributed by atoms with Crippen LogP contribution in [0.2, 0.25) is 0 Å². The van der Waals surface area contributed by atoms with Crippen molar-refractivity contribution < 1.29 is 0 Å². The Labute approximate surface area is 85.2 Å². The van der Waals surface area contributed by atoms with Crippen molar-refractivity contribution in [1.82, 2.24) is 0 Å². The van der Waals surface area contributed by atoms with E-state index >= 15 is 0 Å². The highest BCUT2D eigenvalue weighted by Crippen LogP contribution is 2.21. The van der Waals surface area contributed by atoms with Gasteiger partial charge in [-0.25, -0.2) is 0 Å². The van der Waals surface area contributed by atoms with E-state index in [0.717, 1.165) is 11.3 Å². The fraction of sp³-hybridized carbons (Fsp3) is 0.250. The fourth-order valence-electron chi connectivity index (χ4n) is 1.13. The number of thiophene rings is 1. The van der Waals surface area contributed by atoms with Crippen LogP contribution in [0.3, 0.4) is 0 Å². The van der Waals surface area contributed by atoms with E-state index in [4.69, 9.17) is 12.2 Å². The normalized spacial score (nSPS) is 15.2. The van der Waals surface area contributed by atoms with E-state index in [1.165, 1.54) is 5.56 Å². The van der Waals surface area contributed by atoms with E-state index in [1.54, 1.807) is 11.3 Å². The van der Waals surface area contributed by atoms with E-state index < -0.39 is 0 Å². The summed E-state index contributed by atoms with van der Waals surface area (Å²) < 4.78 is 0. The lowest BCUT2D eigenvalue weighted by Gasteiger charge is -1.94. The number of nitrogens with zero attached hydrogens (tertiary/aromatic N) is 3. The Hall–Kier alpha value is -0.940. The van der Waals surface area contributed by atoms with Crippen LogP contribution in [0.1, 0.15) is 17.4 Å². The lowest BCUT2D eigenvalue weighted by molar-refractivity contribution is 1.15. The molecule has 0 atom stereocenters. The number of aliphatic imine (C=N–C) groups is 1. The van der Waals surface area contributed by atoms with Crippen LogP contribution in [0.5, 0.6) is 0 Å². The third kappa shape index (κ3) is 1.57. The van der Waals surface area contributed by atoms with Gasteiger partial charge in [-0.15, -0.1) is 21.6 Å². The maximum atomic E-state index is 4.81. The van der Waals surface area contributed by atoms with Crippen LogP contribution in [-0.2, 0) is 6.42 Å². The number of hydrogen-bond acceptors (Lipinski definition) is 3. The minimum Gasteiger partial charge on any atom is -0.194 e. The van der Waals surface area contributed by atoms with Crippen molar-refractivity contribution >= 4 is 34.5 Å². The first-order valence-corrected chi connectivity index (χ1v) is 5.21. The minimum absolute atomic E-state index is 0.324. The number of aryl methyl sites for hydroxylation is 1. The van der Waals surface area contributed by atoms with E-state index in [0.29, 0.717) is 10.9 Å². The monoisotopic (exact) mass is 209 g/mol. The van der Waals surface area contributed by atoms with Crippen molar-refractivity contribution in [3.63, 3.8) is 0 Å². The number of hydrogen-bond donors (Lipinski definition) is 0. The Morgan fingerprint density at radius 1 is 1.46 bits per heavy atom. The molecule has 66 valence electrons. The third-order valence-electron chi connectivity index (χ3n) is 1.76. The standard InChI is InChI=1S/C8H7N3S2/c1-2-5-3-4-13-6(5)7-9-8(12)11-10-7/h3-4H,2H2,1H3. The molecular weight excluding hydrogens is 202 g/mol. The van der Waals surface area contributed by atoms with Crippen LogP contribution in [0.4, 0.5) is 0 Å². The molecule has 0 saturated heterocycles. The zero-order chi connectivity index (χ0) is 9.26. The van der Waals surface area contributed by atoms with Crippen molar-refractivity contribution in [1.29, 1.82) is 0 Å². The summed E-state index contributed by atoms with van der Waals surface area (Å²) in [5.74, 6) is 0.664. The molecule has 0 N–H and O–H groups in total. The Morgan fingerprint density at radius 3 is 2.92 bits per heavy atom. The molecule has 1 aliphatic heterocycles. The van der Waals surface area contributed by atoms with Crippen LogP contribution in [0.25, 0.3) is 0 Å². The number of thiocarbonyl (C=S) groups is 1. The Morgan fingerprint density at radius 2 is 2.31 bits per heavy atom. The molecule has 3 nitrogen and oxygen atoms in total. The summed E-state index contributed by atoms with van der Waals surface area (Å²) in [6.45, 7) is 2.11. The summed E-state index contributed by atoms with van der Waals surface area (Å²) in [6, 6.07) is 2.08. The van der Waals surface area contributed by atoms with E-state index in [9.17, 15) is 0 Å². The molecule has 2 rings (SSSR count). The quantitative estimate of drug-likeness (QED) is 0.690. The van der Waals surface area contributed by atoms with Gasteiger partial charge in [0.05, 0.1) is 4.88 Å². The van der Waals surface area contributed by atoms with Gasteiger partial charge in [0.15, 0.2) is 5.84 Å². The van der Waals surface area contributed by atoms with Gasteiger partial charge in [0.25, 0.3) is 0 Å². The molecule has 1 aliphatic rings.